The largest absolute Gasteiger partial charge is 0.475 e. The van der Waals surface area contributed by atoms with Crippen LogP contribution in [0, 0.1) is 5.92 Å². The lowest BCUT2D eigenvalue weighted by molar-refractivity contribution is -0.122. The van der Waals surface area contributed by atoms with Gasteiger partial charge in [-0.25, -0.2) is 9.36 Å². The first-order valence-corrected chi connectivity index (χ1v) is 26.9. The smallest absolute Gasteiger partial charge is 0.444 e. The molecule has 11 heteroatoms. The van der Waals surface area contributed by atoms with Crippen LogP contribution in [-0.4, -0.2) is 63.2 Å². The van der Waals surface area contributed by atoms with Gasteiger partial charge in [-0.1, -0.05) is 207 Å². The van der Waals surface area contributed by atoms with Gasteiger partial charge in [-0.2, -0.15) is 0 Å². The van der Waals surface area contributed by atoms with Crippen molar-refractivity contribution >= 4 is 19.8 Å². The first-order valence-electron chi connectivity index (χ1n) is 25.5. The van der Waals surface area contributed by atoms with Crippen molar-refractivity contribution < 1.29 is 37.2 Å². The second-order valence-electron chi connectivity index (χ2n) is 18.4. The molecule has 0 fully saturated rings. The summed E-state index contributed by atoms with van der Waals surface area (Å²) in [5, 5.41) is 5.68. The summed E-state index contributed by atoms with van der Waals surface area (Å²) < 4.78 is 42.0. The van der Waals surface area contributed by atoms with Crippen LogP contribution in [0.15, 0.2) is 12.7 Å². The van der Waals surface area contributed by atoms with E-state index in [1.807, 2.05) is 0 Å². The normalized spacial score (nSPS) is 13.7. The zero-order valence-electron chi connectivity index (χ0n) is 40.8. The minimum Gasteiger partial charge on any atom is -0.444 e. The molecule has 0 aliphatic heterocycles. The maximum Gasteiger partial charge on any atom is 0.475 e. The zero-order chi connectivity index (χ0) is 45.1. The summed E-state index contributed by atoms with van der Waals surface area (Å²) in [5.41, 5.74) is -0.646. The molecule has 3 atom stereocenters. The van der Waals surface area contributed by atoms with Gasteiger partial charge in [0.15, 0.2) is 0 Å². The van der Waals surface area contributed by atoms with Crippen molar-refractivity contribution in [2.75, 3.05) is 39.6 Å². The van der Waals surface area contributed by atoms with Crippen LogP contribution in [0.2, 0.25) is 0 Å². The SMILES string of the molecule is C=CCOP(=O)(OCCNC(=O)OC(C)(C)C)OC[C@@H](COCC[C@H](CCCCCCC)CCCCCCCCCCCCC)NC(=O)CCCCCCCCCCCCC. The number of nitrogens with one attached hydrogen (secondary N) is 2. The van der Waals surface area contributed by atoms with E-state index in [2.05, 4.69) is 38.0 Å². The molecule has 0 rings (SSSR count). The van der Waals surface area contributed by atoms with E-state index in [0.717, 1.165) is 25.7 Å². The van der Waals surface area contributed by atoms with Crippen LogP contribution in [0.25, 0.3) is 0 Å². The first kappa shape index (κ1) is 59.5. The number of unbranched alkanes of at least 4 members (excludes halogenated alkanes) is 24. The number of ether oxygens (including phenoxy) is 2. The van der Waals surface area contributed by atoms with Gasteiger partial charge >= 0.3 is 13.9 Å². The maximum absolute atomic E-state index is 13.6. The Balaban J connectivity index is 5.22. The van der Waals surface area contributed by atoms with Gasteiger partial charge in [0.25, 0.3) is 0 Å². The van der Waals surface area contributed by atoms with Crippen LogP contribution in [0.3, 0.4) is 0 Å². The lowest BCUT2D eigenvalue weighted by Gasteiger charge is -2.23. The molecule has 0 aliphatic rings. The Labute approximate surface area is 376 Å². The predicted octanol–water partition coefficient (Wildman–Crippen LogP) is 15.1. The van der Waals surface area contributed by atoms with E-state index in [9.17, 15) is 14.2 Å². The van der Waals surface area contributed by atoms with Crippen LogP contribution >= 0.6 is 7.82 Å². The standard InChI is InChI=1S/C50H99N2O8P/c1-8-12-15-18-20-22-24-26-28-31-34-37-46(36-33-30-17-14-10-3)39-42-56-44-47(52-48(53)38-35-32-29-27-25-23-21-19-16-13-9-2)45-59-61(55,57-41-11-4)58-43-40-51-49(54)60-50(5,6)7/h11,46-47H,4,8-10,12-45H2,1-3,5-7H3,(H,51,54)(H,52,53)/t46-,47-,61?/m1/s1. The first-order chi connectivity index (χ1) is 29.5. The van der Waals surface area contributed by atoms with Crippen LogP contribution in [-0.2, 0) is 32.4 Å². The number of rotatable bonds is 46. The highest BCUT2D eigenvalue weighted by molar-refractivity contribution is 7.48. The molecule has 0 saturated heterocycles. The number of amides is 2. The number of phosphoric acid groups is 1. The second kappa shape index (κ2) is 42.5. The summed E-state index contributed by atoms with van der Waals surface area (Å²) in [6.07, 6.45) is 39.4. The third-order valence-electron chi connectivity index (χ3n) is 11.1. The van der Waals surface area contributed by atoms with E-state index in [4.69, 9.17) is 23.0 Å². The van der Waals surface area contributed by atoms with Crippen LogP contribution in [0.4, 0.5) is 4.79 Å². The van der Waals surface area contributed by atoms with Gasteiger partial charge in [0.05, 0.1) is 32.5 Å². The molecule has 1 unspecified atom stereocenters. The number of hydrogen-bond acceptors (Lipinski definition) is 8. The molecule has 0 aromatic heterocycles. The summed E-state index contributed by atoms with van der Waals surface area (Å²) in [6, 6.07) is -0.538. The molecule has 0 aromatic carbocycles. The minimum atomic E-state index is -4.06. The van der Waals surface area contributed by atoms with Crippen molar-refractivity contribution in [1.82, 2.24) is 10.6 Å². The number of carbonyl (C=O) groups is 2. The van der Waals surface area contributed by atoms with Gasteiger partial charge < -0.3 is 20.1 Å². The highest BCUT2D eigenvalue weighted by Gasteiger charge is 2.29. The molecule has 0 heterocycles. The number of alkyl carbamates (subject to hydrolysis) is 1. The highest BCUT2D eigenvalue weighted by atomic mass is 31.2. The van der Waals surface area contributed by atoms with E-state index in [-0.39, 0.29) is 38.9 Å². The molecule has 362 valence electrons. The number of phosphoric ester groups is 1. The van der Waals surface area contributed by atoms with Gasteiger partial charge in [-0.15, -0.1) is 6.58 Å². The van der Waals surface area contributed by atoms with Crippen molar-refractivity contribution in [3.05, 3.63) is 12.7 Å². The lowest BCUT2D eigenvalue weighted by atomic mass is 9.91. The summed E-state index contributed by atoms with van der Waals surface area (Å²) in [6.45, 7) is 16.4. The van der Waals surface area contributed by atoms with E-state index in [1.54, 1.807) is 20.8 Å². The average molecular weight is 887 g/mol. The molecule has 0 aliphatic carbocycles. The zero-order valence-corrected chi connectivity index (χ0v) is 41.7. The monoisotopic (exact) mass is 887 g/mol. The summed E-state index contributed by atoms with van der Waals surface area (Å²) in [4.78, 5) is 25.3. The third-order valence-corrected chi connectivity index (χ3v) is 12.5. The molecule has 2 amide bonds. The fourth-order valence-corrected chi connectivity index (χ4v) is 8.67. The van der Waals surface area contributed by atoms with Gasteiger partial charge in [0.1, 0.15) is 5.60 Å². The Bertz CT molecular complexity index is 1060. The van der Waals surface area contributed by atoms with Crippen molar-refractivity contribution in [1.29, 1.82) is 0 Å². The van der Waals surface area contributed by atoms with Gasteiger partial charge in [-0.3, -0.25) is 18.4 Å². The predicted molar refractivity (Wildman–Crippen MR) is 256 cm³/mol. The number of hydrogen-bond donors (Lipinski definition) is 2. The molecule has 0 bridgehead atoms. The van der Waals surface area contributed by atoms with Crippen molar-refractivity contribution in [2.24, 2.45) is 5.92 Å². The Kier molecular flexibility index (Phi) is 41.5. The van der Waals surface area contributed by atoms with E-state index in [0.29, 0.717) is 18.9 Å². The number of carbonyl (C=O) groups excluding carboxylic acids is 2. The fraction of sp³-hybridized carbons (Fsp3) is 0.920. The van der Waals surface area contributed by atoms with Crippen LogP contribution in [0.1, 0.15) is 241 Å². The topological polar surface area (TPSA) is 121 Å². The lowest BCUT2D eigenvalue weighted by Crippen LogP contribution is -2.41. The molecular formula is C50H99N2O8P. The molecule has 0 aromatic rings. The van der Waals surface area contributed by atoms with E-state index < -0.39 is 25.6 Å². The van der Waals surface area contributed by atoms with Crippen molar-refractivity contribution in [2.45, 2.75) is 252 Å². The van der Waals surface area contributed by atoms with Gasteiger partial charge in [0.2, 0.25) is 5.91 Å². The highest BCUT2D eigenvalue weighted by Crippen LogP contribution is 2.49. The third kappa shape index (κ3) is 42.3. The summed E-state index contributed by atoms with van der Waals surface area (Å²) in [7, 11) is -4.06. The molecule has 2 N–H and O–H groups in total. The Morgan fingerprint density at radius 1 is 0.590 bits per heavy atom. The molecule has 0 saturated carbocycles. The fourth-order valence-electron chi connectivity index (χ4n) is 7.49. The minimum absolute atomic E-state index is 0.0426. The van der Waals surface area contributed by atoms with Gasteiger partial charge in [0, 0.05) is 19.6 Å². The quantitative estimate of drug-likeness (QED) is 0.0352. The maximum atomic E-state index is 13.6. The molecular weight excluding hydrogens is 788 g/mol. The Morgan fingerprint density at radius 3 is 1.51 bits per heavy atom. The van der Waals surface area contributed by atoms with Crippen LogP contribution < -0.4 is 10.6 Å². The summed E-state index contributed by atoms with van der Waals surface area (Å²) in [5.74, 6) is 0.555. The molecule has 0 radical (unpaired) electrons. The Morgan fingerprint density at radius 2 is 1.05 bits per heavy atom. The van der Waals surface area contributed by atoms with E-state index in [1.165, 1.54) is 173 Å². The average Bonchev–Trinajstić information content (AvgIpc) is 3.22. The van der Waals surface area contributed by atoms with Gasteiger partial charge in [-0.05, 0) is 39.5 Å². The van der Waals surface area contributed by atoms with Crippen molar-refractivity contribution in [3.8, 4) is 0 Å². The molecule has 0 spiro atoms. The Hall–Kier alpha value is -1.45. The van der Waals surface area contributed by atoms with Crippen molar-refractivity contribution in [3.63, 3.8) is 0 Å². The van der Waals surface area contributed by atoms with Crippen LogP contribution in [0.5, 0.6) is 0 Å². The molecule has 61 heavy (non-hydrogen) atoms. The second-order valence-corrected chi connectivity index (χ2v) is 20.1. The molecule has 10 nitrogen and oxygen atoms in total. The van der Waals surface area contributed by atoms with E-state index >= 15 is 0 Å². The summed E-state index contributed by atoms with van der Waals surface area (Å²) >= 11 is 0.